The van der Waals surface area contributed by atoms with E-state index in [1.54, 1.807) is 4.90 Å². The Morgan fingerprint density at radius 2 is 2.00 bits per heavy atom. The molecule has 142 valence electrons. The first-order valence-corrected chi connectivity index (χ1v) is 9.98. The van der Waals surface area contributed by atoms with E-state index in [1.807, 2.05) is 43.7 Å². The third-order valence-electron chi connectivity index (χ3n) is 5.62. The summed E-state index contributed by atoms with van der Waals surface area (Å²) in [6.07, 6.45) is 1.85. The summed E-state index contributed by atoms with van der Waals surface area (Å²) < 4.78 is 0. The lowest BCUT2D eigenvalue weighted by molar-refractivity contribution is -0.139. The quantitative estimate of drug-likeness (QED) is 0.738. The molecule has 2 heterocycles. The van der Waals surface area contributed by atoms with E-state index in [2.05, 4.69) is 18.2 Å². The maximum absolute atomic E-state index is 12.9. The SMILES string of the molecule is CC(C)(C)C(=O)N1CC=C2C(C#N)C(=N)C(C#N)(C#N)[C@H](c3ccsc3)[C@@H]2C1. The number of nitriles is 3. The highest BCUT2D eigenvalue weighted by atomic mass is 32.1. The predicted octanol–water partition coefficient (Wildman–Crippen LogP) is 3.47. The summed E-state index contributed by atoms with van der Waals surface area (Å²) in [5.41, 5.74) is -0.884. The second kappa shape index (κ2) is 6.89. The first-order chi connectivity index (χ1) is 13.2. The number of thiophene rings is 1. The summed E-state index contributed by atoms with van der Waals surface area (Å²) in [6, 6.07) is 8.11. The molecule has 1 amide bonds. The van der Waals surface area contributed by atoms with E-state index in [1.165, 1.54) is 11.3 Å². The van der Waals surface area contributed by atoms with E-state index in [9.17, 15) is 20.6 Å². The zero-order valence-electron chi connectivity index (χ0n) is 16.1. The van der Waals surface area contributed by atoms with Crippen molar-refractivity contribution in [3.8, 4) is 18.2 Å². The van der Waals surface area contributed by atoms with Gasteiger partial charge < -0.3 is 10.3 Å². The van der Waals surface area contributed by atoms with Gasteiger partial charge in [0.05, 0.1) is 23.9 Å². The van der Waals surface area contributed by atoms with E-state index in [4.69, 9.17) is 5.41 Å². The fraction of sp³-hybridized carbons (Fsp3) is 0.476. The van der Waals surface area contributed by atoms with Crippen molar-refractivity contribution in [2.45, 2.75) is 26.7 Å². The Bertz CT molecular complexity index is 950. The van der Waals surface area contributed by atoms with Gasteiger partial charge in [-0.25, -0.2) is 0 Å². The fourth-order valence-electron chi connectivity index (χ4n) is 4.28. The van der Waals surface area contributed by atoms with Crippen LogP contribution in [-0.2, 0) is 4.79 Å². The first kappa shape index (κ1) is 19.8. The van der Waals surface area contributed by atoms with Crippen LogP contribution in [0, 0.1) is 62.1 Å². The van der Waals surface area contributed by atoms with E-state index in [-0.39, 0.29) is 17.5 Å². The third kappa shape index (κ3) is 2.82. The van der Waals surface area contributed by atoms with E-state index in [0.29, 0.717) is 13.1 Å². The minimum absolute atomic E-state index is 0.0134. The Morgan fingerprint density at radius 1 is 1.32 bits per heavy atom. The molecule has 6 nitrogen and oxygen atoms in total. The van der Waals surface area contributed by atoms with Crippen molar-refractivity contribution in [2.75, 3.05) is 13.1 Å². The second-order valence-corrected chi connectivity index (χ2v) is 9.09. The third-order valence-corrected chi connectivity index (χ3v) is 6.32. The summed E-state index contributed by atoms with van der Waals surface area (Å²) >= 11 is 1.46. The van der Waals surface area contributed by atoms with Crippen molar-refractivity contribution in [1.29, 1.82) is 21.2 Å². The van der Waals surface area contributed by atoms with Crippen LogP contribution in [0.3, 0.4) is 0 Å². The first-order valence-electron chi connectivity index (χ1n) is 9.03. The Hall–Kier alpha value is -2.95. The Labute approximate surface area is 168 Å². The molecule has 28 heavy (non-hydrogen) atoms. The highest BCUT2D eigenvalue weighted by molar-refractivity contribution is 7.08. The molecule has 0 aromatic carbocycles. The summed E-state index contributed by atoms with van der Waals surface area (Å²) in [7, 11) is 0. The lowest BCUT2D eigenvalue weighted by atomic mass is 9.54. The molecule has 0 bridgehead atoms. The molecule has 1 N–H and O–H groups in total. The van der Waals surface area contributed by atoms with Crippen molar-refractivity contribution in [3.05, 3.63) is 34.0 Å². The number of nitrogens with one attached hydrogen (secondary N) is 1. The van der Waals surface area contributed by atoms with Crippen molar-refractivity contribution < 1.29 is 4.79 Å². The average molecular weight is 392 g/mol. The highest BCUT2D eigenvalue weighted by Gasteiger charge is 2.58. The van der Waals surface area contributed by atoms with Crippen LogP contribution >= 0.6 is 11.3 Å². The zero-order chi connectivity index (χ0) is 20.7. The molecule has 3 atom stereocenters. The molecule has 1 aromatic rings. The summed E-state index contributed by atoms with van der Waals surface area (Å²) in [4.78, 5) is 14.6. The standard InChI is InChI=1S/C21H21N5OS/c1-20(2,3)19(27)26-6-4-14-15(8-22)18(25)21(11-23,12-24)17(16(14)9-26)13-5-7-28-10-13/h4-5,7,10,15-17,25H,6,9H2,1-3H3/t15?,16-,17-/m1/s1. The Kier molecular flexibility index (Phi) is 4.88. The molecule has 3 rings (SSSR count). The van der Waals surface area contributed by atoms with Gasteiger partial charge in [-0.1, -0.05) is 26.8 Å². The smallest absolute Gasteiger partial charge is 0.228 e. The number of hydrogen-bond acceptors (Lipinski definition) is 6. The van der Waals surface area contributed by atoms with Crippen molar-refractivity contribution >= 4 is 23.0 Å². The molecule has 1 saturated carbocycles. The van der Waals surface area contributed by atoms with Gasteiger partial charge >= 0.3 is 0 Å². The van der Waals surface area contributed by atoms with Crippen LogP contribution in [-0.4, -0.2) is 29.6 Å². The number of nitrogens with zero attached hydrogens (tertiary/aromatic N) is 4. The van der Waals surface area contributed by atoms with Crippen LogP contribution in [0.4, 0.5) is 0 Å². The molecular formula is C21H21N5OS. The van der Waals surface area contributed by atoms with Crippen molar-refractivity contribution in [3.63, 3.8) is 0 Å². The van der Waals surface area contributed by atoms with E-state index in [0.717, 1.165) is 11.1 Å². The van der Waals surface area contributed by atoms with Gasteiger partial charge in [0.25, 0.3) is 0 Å². The van der Waals surface area contributed by atoms with Crippen molar-refractivity contribution in [1.82, 2.24) is 4.90 Å². The number of amides is 1. The molecule has 0 radical (unpaired) electrons. The minimum Gasteiger partial charge on any atom is -0.338 e. The maximum Gasteiger partial charge on any atom is 0.228 e. The van der Waals surface area contributed by atoms with Crippen molar-refractivity contribution in [2.24, 2.45) is 22.7 Å². The number of carbonyl (C=O) groups is 1. The normalized spacial score (nSPS) is 26.3. The van der Waals surface area contributed by atoms with Crippen LogP contribution in [0.25, 0.3) is 0 Å². The van der Waals surface area contributed by atoms with Gasteiger partial charge in [-0.05, 0) is 28.0 Å². The number of carbonyl (C=O) groups excluding carboxylic acids is 1. The molecule has 1 fully saturated rings. The number of rotatable bonds is 1. The molecule has 0 spiro atoms. The minimum atomic E-state index is -1.72. The Morgan fingerprint density at radius 3 is 2.50 bits per heavy atom. The molecule has 1 aliphatic heterocycles. The molecular weight excluding hydrogens is 370 g/mol. The highest BCUT2D eigenvalue weighted by Crippen LogP contribution is 2.53. The van der Waals surface area contributed by atoms with Gasteiger partial charge in [0.15, 0.2) is 5.41 Å². The average Bonchev–Trinajstić information content (AvgIpc) is 3.19. The second-order valence-electron chi connectivity index (χ2n) is 8.31. The number of fused-ring (bicyclic) bond motifs is 1. The van der Waals surface area contributed by atoms with Crippen LogP contribution in [0.2, 0.25) is 0 Å². The van der Waals surface area contributed by atoms with Gasteiger partial charge in [-0.2, -0.15) is 27.1 Å². The van der Waals surface area contributed by atoms with Gasteiger partial charge in [-0.15, -0.1) is 0 Å². The fourth-order valence-corrected chi connectivity index (χ4v) is 4.97. The topological polar surface area (TPSA) is 116 Å². The molecule has 1 aliphatic carbocycles. The maximum atomic E-state index is 12.9. The summed E-state index contributed by atoms with van der Waals surface area (Å²) in [6.45, 7) is 6.27. The molecule has 0 saturated heterocycles. The lowest BCUT2D eigenvalue weighted by Crippen LogP contribution is -2.54. The lowest BCUT2D eigenvalue weighted by Gasteiger charge is -2.48. The molecule has 7 heteroatoms. The summed E-state index contributed by atoms with van der Waals surface area (Å²) in [5, 5.41) is 42.0. The van der Waals surface area contributed by atoms with Gasteiger partial charge in [0, 0.05) is 30.3 Å². The van der Waals surface area contributed by atoms with Crippen LogP contribution < -0.4 is 0 Å². The summed E-state index contributed by atoms with van der Waals surface area (Å²) in [5.74, 6) is -1.87. The largest absolute Gasteiger partial charge is 0.338 e. The Balaban J connectivity index is 2.18. The molecule has 2 aliphatic rings. The monoisotopic (exact) mass is 391 g/mol. The van der Waals surface area contributed by atoms with E-state index >= 15 is 0 Å². The zero-order valence-corrected chi connectivity index (χ0v) is 16.9. The predicted molar refractivity (Wildman–Crippen MR) is 105 cm³/mol. The molecule has 1 aromatic heterocycles. The van der Waals surface area contributed by atoms with Crippen LogP contribution in [0.15, 0.2) is 28.5 Å². The van der Waals surface area contributed by atoms with Crippen LogP contribution in [0.1, 0.15) is 32.3 Å². The van der Waals surface area contributed by atoms with Gasteiger partial charge in [0.1, 0.15) is 5.92 Å². The number of hydrogen-bond donors (Lipinski definition) is 1. The van der Waals surface area contributed by atoms with Gasteiger partial charge in [0.2, 0.25) is 5.91 Å². The van der Waals surface area contributed by atoms with E-state index < -0.39 is 22.7 Å². The molecule has 1 unspecified atom stereocenters. The van der Waals surface area contributed by atoms with Gasteiger partial charge in [-0.3, -0.25) is 4.79 Å². The van der Waals surface area contributed by atoms with Crippen LogP contribution in [0.5, 0.6) is 0 Å².